The fourth-order valence-electron chi connectivity index (χ4n) is 3.34. The van der Waals surface area contributed by atoms with Gasteiger partial charge in [0.15, 0.2) is 11.2 Å². The molecule has 0 atom stereocenters. The lowest BCUT2D eigenvalue weighted by molar-refractivity contribution is 0.0940. The number of nitrogens with one attached hydrogen (secondary N) is 2. The maximum Gasteiger partial charge on any atom is 0.291 e. The largest absolute Gasteiger partial charge is 0.494 e. The number of carbonyl (C=O) groups is 2. The highest BCUT2D eigenvalue weighted by molar-refractivity contribution is 6.01. The van der Waals surface area contributed by atoms with Gasteiger partial charge in [-0.05, 0) is 30.9 Å². The van der Waals surface area contributed by atoms with Crippen molar-refractivity contribution in [3.05, 3.63) is 57.8 Å². The van der Waals surface area contributed by atoms with Crippen molar-refractivity contribution >= 4 is 17.5 Å². The molecule has 4 rings (SSSR count). The van der Waals surface area contributed by atoms with Crippen LogP contribution in [0.2, 0.25) is 0 Å². The van der Waals surface area contributed by atoms with Crippen LogP contribution < -0.4 is 16.2 Å². The van der Waals surface area contributed by atoms with Gasteiger partial charge in [-0.15, -0.1) is 0 Å². The molecule has 0 aliphatic heterocycles. The molecule has 10 heteroatoms. The SMILES string of the molecule is CC(C)Cn1c(O)c(C(=O)NC2CC2)c(=O)n2ncc(C(=O)NCc3ccccn3)c12. The zero-order valence-electron chi connectivity index (χ0n) is 17.3. The van der Waals surface area contributed by atoms with E-state index in [1.807, 2.05) is 19.9 Å². The molecule has 0 bridgehead atoms. The van der Waals surface area contributed by atoms with Crippen molar-refractivity contribution < 1.29 is 14.7 Å². The number of hydrogen-bond donors (Lipinski definition) is 3. The summed E-state index contributed by atoms with van der Waals surface area (Å²) in [6.45, 7) is 4.33. The molecule has 31 heavy (non-hydrogen) atoms. The maximum absolute atomic E-state index is 13.0. The molecule has 0 saturated heterocycles. The van der Waals surface area contributed by atoms with E-state index < -0.39 is 23.3 Å². The van der Waals surface area contributed by atoms with E-state index in [0.29, 0.717) is 5.69 Å². The lowest BCUT2D eigenvalue weighted by Crippen LogP contribution is -2.35. The average Bonchev–Trinajstić information content (AvgIpc) is 3.43. The van der Waals surface area contributed by atoms with Crippen LogP contribution in [0.25, 0.3) is 5.65 Å². The van der Waals surface area contributed by atoms with Gasteiger partial charge in [0, 0.05) is 18.8 Å². The molecule has 1 aliphatic carbocycles. The third-order valence-corrected chi connectivity index (χ3v) is 4.97. The minimum absolute atomic E-state index is 0.0195. The van der Waals surface area contributed by atoms with Gasteiger partial charge in [0.05, 0.1) is 18.4 Å². The molecule has 3 aromatic rings. The zero-order chi connectivity index (χ0) is 22.1. The molecule has 1 saturated carbocycles. The number of nitrogens with zero attached hydrogens (tertiary/aromatic N) is 4. The van der Waals surface area contributed by atoms with Crippen molar-refractivity contribution in [2.45, 2.75) is 45.8 Å². The molecule has 3 aromatic heterocycles. The Kier molecular flexibility index (Phi) is 5.45. The van der Waals surface area contributed by atoms with E-state index >= 15 is 0 Å². The minimum atomic E-state index is -0.769. The fraction of sp³-hybridized carbons (Fsp3) is 0.381. The highest BCUT2D eigenvalue weighted by atomic mass is 16.3. The third kappa shape index (κ3) is 4.14. The zero-order valence-corrected chi connectivity index (χ0v) is 17.3. The van der Waals surface area contributed by atoms with Crippen LogP contribution in [0.1, 0.15) is 53.1 Å². The van der Waals surface area contributed by atoms with Crippen LogP contribution in [-0.4, -0.2) is 42.1 Å². The summed E-state index contributed by atoms with van der Waals surface area (Å²) in [6.07, 6.45) is 4.58. The smallest absolute Gasteiger partial charge is 0.291 e. The van der Waals surface area contributed by atoms with E-state index in [0.717, 1.165) is 17.4 Å². The standard InChI is InChI=1S/C21H24N6O4/c1-12(2)11-26-19-15(17(28)23-9-14-5-3-4-8-22-14)10-24-27(19)21(31)16(20(26)30)18(29)25-13-6-7-13/h3-5,8,10,12-13,30H,6-7,9,11H2,1-2H3,(H,23,28)(H,25,29). The van der Waals surface area contributed by atoms with Crippen LogP contribution >= 0.6 is 0 Å². The Hall–Kier alpha value is -3.69. The van der Waals surface area contributed by atoms with Gasteiger partial charge in [-0.2, -0.15) is 9.61 Å². The Labute approximate surface area is 177 Å². The van der Waals surface area contributed by atoms with Gasteiger partial charge in [-0.1, -0.05) is 19.9 Å². The van der Waals surface area contributed by atoms with E-state index in [9.17, 15) is 19.5 Å². The first-order chi connectivity index (χ1) is 14.9. The number of aromatic nitrogens is 4. The number of amides is 2. The lowest BCUT2D eigenvalue weighted by atomic mass is 10.2. The van der Waals surface area contributed by atoms with Crippen molar-refractivity contribution in [1.82, 2.24) is 29.8 Å². The third-order valence-electron chi connectivity index (χ3n) is 4.97. The van der Waals surface area contributed by atoms with Gasteiger partial charge in [0.25, 0.3) is 17.4 Å². The monoisotopic (exact) mass is 424 g/mol. The van der Waals surface area contributed by atoms with E-state index in [1.165, 1.54) is 10.8 Å². The summed E-state index contributed by atoms with van der Waals surface area (Å²) < 4.78 is 2.40. The van der Waals surface area contributed by atoms with Crippen LogP contribution in [0.5, 0.6) is 5.88 Å². The number of carbonyl (C=O) groups excluding carboxylic acids is 2. The number of aromatic hydroxyl groups is 1. The summed E-state index contributed by atoms with van der Waals surface area (Å²) in [5, 5.41) is 20.4. The molecule has 2 amide bonds. The molecule has 162 valence electrons. The van der Waals surface area contributed by atoms with Crippen molar-refractivity contribution in [3.63, 3.8) is 0 Å². The van der Waals surface area contributed by atoms with Gasteiger partial charge in [-0.25, -0.2) is 0 Å². The molecular weight excluding hydrogens is 400 g/mol. The van der Waals surface area contributed by atoms with Crippen molar-refractivity contribution in [1.29, 1.82) is 0 Å². The van der Waals surface area contributed by atoms with Crippen LogP contribution in [0.3, 0.4) is 0 Å². The summed E-state index contributed by atoms with van der Waals surface area (Å²) >= 11 is 0. The first-order valence-corrected chi connectivity index (χ1v) is 10.2. The van der Waals surface area contributed by atoms with Crippen LogP contribution in [-0.2, 0) is 13.1 Å². The van der Waals surface area contributed by atoms with Crippen molar-refractivity contribution in [2.75, 3.05) is 0 Å². The summed E-state index contributed by atoms with van der Waals surface area (Å²) in [7, 11) is 0. The van der Waals surface area contributed by atoms with E-state index in [4.69, 9.17) is 0 Å². The van der Waals surface area contributed by atoms with Crippen LogP contribution in [0.4, 0.5) is 0 Å². The molecule has 1 aliphatic rings. The second kappa shape index (κ2) is 8.21. The maximum atomic E-state index is 13.0. The van der Waals surface area contributed by atoms with Crippen LogP contribution in [0, 0.1) is 5.92 Å². The van der Waals surface area contributed by atoms with E-state index in [2.05, 4.69) is 20.7 Å². The first-order valence-electron chi connectivity index (χ1n) is 10.2. The Morgan fingerprint density at radius 2 is 2.03 bits per heavy atom. The number of rotatable bonds is 7. The second-order valence-electron chi connectivity index (χ2n) is 8.05. The number of fused-ring (bicyclic) bond motifs is 1. The minimum Gasteiger partial charge on any atom is -0.494 e. The van der Waals surface area contributed by atoms with Gasteiger partial charge >= 0.3 is 0 Å². The summed E-state index contributed by atoms with van der Waals surface area (Å²) in [5.74, 6) is -1.51. The fourth-order valence-corrected chi connectivity index (χ4v) is 3.34. The van der Waals surface area contributed by atoms with E-state index in [-0.39, 0.29) is 41.8 Å². The van der Waals surface area contributed by atoms with Gasteiger partial charge in [-0.3, -0.25) is 23.9 Å². The molecule has 3 heterocycles. The highest BCUT2D eigenvalue weighted by Gasteiger charge is 2.30. The molecule has 0 spiro atoms. The molecule has 0 unspecified atom stereocenters. The van der Waals surface area contributed by atoms with E-state index in [1.54, 1.807) is 18.3 Å². The number of hydrogen-bond acceptors (Lipinski definition) is 6. The normalized spacial score (nSPS) is 13.5. The Morgan fingerprint density at radius 1 is 1.26 bits per heavy atom. The summed E-state index contributed by atoms with van der Waals surface area (Å²) in [5.41, 5.74) is -0.206. The van der Waals surface area contributed by atoms with Crippen molar-refractivity contribution in [3.8, 4) is 5.88 Å². The average molecular weight is 424 g/mol. The highest BCUT2D eigenvalue weighted by Crippen LogP contribution is 2.24. The Balaban J connectivity index is 1.76. The van der Waals surface area contributed by atoms with Crippen LogP contribution in [0.15, 0.2) is 35.4 Å². The molecule has 3 N–H and O–H groups in total. The molecular formula is C21H24N6O4. The predicted octanol–water partition coefficient (Wildman–Crippen LogP) is 1.07. The quantitative estimate of drug-likeness (QED) is 0.520. The summed E-state index contributed by atoms with van der Waals surface area (Å²) in [4.78, 5) is 42.6. The van der Waals surface area contributed by atoms with Crippen molar-refractivity contribution in [2.24, 2.45) is 5.92 Å². The Bertz CT molecular complexity index is 1190. The molecule has 0 radical (unpaired) electrons. The predicted molar refractivity (Wildman–Crippen MR) is 112 cm³/mol. The van der Waals surface area contributed by atoms with Gasteiger partial charge in [0.1, 0.15) is 5.56 Å². The lowest BCUT2D eigenvalue weighted by Gasteiger charge is -2.17. The van der Waals surface area contributed by atoms with Gasteiger partial charge in [0.2, 0.25) is 5.88 Å². The van der Waals surface area contributed by atoms with Gasteiger partial charge < -0.3 is 15.7 Å². The first kappa shape index (κ1) is 20.6. The molecule has 1 fully saturated rings. The molecule has 0 aromatic carbocycles. The second-order valence-corrected chi connectivity index (χ2v) is 8.05. The topological polar surface area (TPSA) is 131 Å². The molecule has 10 nitrogen and oxygen atoms in total. The summed E-state index contributed by atoms with van der Waals surface area (Å²) in [6, 6.07) is 5.39. The Morgan fingerprint density at radius 3 is 2.68 bits per heavy atom. The number of pyridine rings is 1.